The lowest BCUT2D eigenvalue weighted by atomic mass is 10.3. The molecule has 1 N–H and O–H groups in total. The Balaban J connectivity index is 2.57. The van der Waals surface area contributed by atoms with E-state index >= 15 is 0 Å². The molecule has 0 aliphatic carbocycles. The predicted octanol–water partition coefficient (Wildman–Crippen LogP) is 0.550. The van der Waals surface area contributed by atoms with Crippen molar-refractivity contribution in [2.24, 2.45) is 0 Å². The first-order valence-corrected chi connectivity index (χ1v) is 4.72. The van der Waals surface area contributed by atoms with E-state index in [1.807, 2.05) is 13.8 Å². The molecule has 0 saturated carbocycles. The average Bonchev–Trinajstić information content (AvgIpc) is 2.18. The zero-order chi connectivity index (χ0) is 11.3. The van der Waals surface area contributed by atoms with Gasteiger partial charge in [-0.3, -0.25) is 9.78 Å². The van der Waals surface area contributed by atoms with Gasteiger partial charge in [0.05, 0.1) is 18.5 Å². The molecule has 0 aromatic carbocycles. The van der Waals surface area contributed by atoms with Gasteiger partial charge in [0.1, 0.15) is 5.69 Å². The van der Waals surface area contributed by atoms with Crippen LogP contribution in [-0.4, -0.2) is 35.6 Å². The summed E-state index contributed by atoms with van der Waals surface area (Å²) in [4.78, 5) is 19.5. The Hall–Kier alpha value is -1.49. The lowest BCUT2D eigenvalue weighted by Gasteiger charge is -2.11. The van der Waals surface area contributed by atoms with Crippen molar-refractivity contribution in [2.75, 3.05) is 13.7 Å². The quantitative estimate of drug-likeness (QED) is 0.786. The largest absolute Gasteiger partial charge is 0.383 e. The minimum atomic E-state index is -0.230. The number of nitrogens with zero attached hydrogens (tertiary/aromatic N) is 2. The van der Waals surface area contributed by atoms with Gasteiger partial charge in [0.25, 0.3) is 5.91 Å². The van der Waals surface area contributed by atoms with E-state index in [-0.39, 0.29) is 11.9 Å². The number of hydrogen-bond donors (Lipinski definition) is 1. The molecule has 0 fully saturated rings. The van der Waals surface area contributed by atoms with Gasteiger partial charge in [0.2, 0.25) is 0 Å². The third-order valence-corrected chi connectivity index (χ3v) is 1.81. The maximum Gasteiger partial charge on any atom is 0.271 e. The lowest BCUT2D eigenvalue weighted by Crippen LogP contribution is -2.36. The second-order valence-electron chi connectivity index (χ2n) is 3.37. The number of amides is 1. The Bertz CT molecular complexity index is 324. The summed E-state index contributed by atoms with van der Waals surface area (Å²) in [6.45, 7) is 4.16. The molecular formula is C10H15N3O2. The van der Waals surface area contributed by atoms with Crippen molar-refractivity contribution in [3.05, 3.63) is 23.8 Å². The molecule has 1 aromatic heterocycles. The number of ether oxygens (including phenoxy) is 1. The van der Waals surface area contributed by atoms with Gasteiger partial charge in [-0.2, -0.15) is 0 Å². The van der Waals surface area contributed by atoms with Crippen molar-refractivity contribution >= 4 is 5.91 Å². The van der Waals surface area contributed by atoms with Gasteiger partial charge in [-0.25, -0.2) is 4.98 Å². The van der Waals surface area contributed by atoms with Crippen molar-refractivity contribution in [3.8, 4) is 0 Å². The molecule has 0 aliphatic rings. The summed E-state index contributed by atoms with van der Waals surface area (Å²) in [6, 6.07) is -0.0365. The summed E-state index contributed by atoms with van der Waals surface area (Å²) < 4.78 is 4.91. The van der Waals surface area contributed by atoms with Crippen molar-refractivity contribution in [2.45, 2.75) is 19.9 Å². The van der Waals surface area contributed by atoms with Crippen LogP contribution in [0.25, 0.3) is 0 Å². The summed E-state index contributed by atoms with van der Waals surface area (Å²) in [5.41, 5.74) is 1.11. The molecule has 1 aromatic rings. The number of hydrogen-bond acceptors (Lipinski definition) is 4. The molecule has 15 heavy (non-hydrogen) atoms. The van der Waals surface area contributed by atoms with Crippen LogP contribution in [0.5, 0.6) is 0 Å². The molecule has 82 valence electrons. The van der Waals surface area contributed by atoms with Crippen LogP contribution in [0.1, 0.15) is 23.1 Å². The van der Waals surface area contributed by atoms with Crippen LogP contribution in [0.2, 0.25) is 0 Å². The first kappa shape index (κ1) is 11.6. The van der Waals surface area contributed by atoms with Gasteiger partial charge in [-0.15, -0.1) is 0 Å². The van der Waals surface area contributed by atoms with Crippen LogP contribution in [0, 0.1) is 6.92 Å². The van der Waals surface area contributed by atoms with E-state index in [0.717, 1.165) is 5.69 Å². The Morgan fingerprint density at radius 1 is 1.53 bits per heavy atom. The number of carbonyl (C=O) groups is 1. The van der Waals surface area contributed by atoms with Gasteiger partial charge in [-0.1, -0.05) is 0 Å². The summed E-state index contributed by atoms with van der Waals surface area (Å²) in [5, 5.41) is 2.75. The van der Waals surface area contributed by atoms with Gasteiger partial charge < -0.3 is 10.1 Å². The monoisotopic (exact) mass is 209 g/mol. The molecule has 0 radical (unpaired) electrons. The molecule has 5 nitrogen and oxygen atoms in total. The van der Waals surface area contributed by atoms with Crippen molar-refractivity contribution < 1.29 is 9.53 Å². The lowest BCUT2D eigenvalue weighted by molar-refractivity contribution is 0.0900. The molecule has 1 heterocycles. The molecule has 0 spiro atoms. The number of methoxy groups -OCH3 is 1. The second-order valence-corrected chi connectivity index (χ2v) is 3.37. The number of aryl methyl sites for hydroxylation is 1. The molecule has 1 rings (SSSR count). The average molecular weight is 209 g/mol. The molecular weight excluding hydrogens is 194 g/mol. The number of aromatic nitrogens is 2. The summed E-state index contributed by atoms with van der Waals surface area (Å²) in [6.07, 6.45) is 3.03. The van der Waals surface area contributed by atoms with E-state index in [9.17, 15) is 4.79 Å². The van der Waals surface area contributed by atoms with Crippen molar-refractivity contribution in [1.29, 1.82) is 0 Å². The van der Waals surface area contributed by atoms with E-state index in [0.29, 0.717) is 12.3 Å². The van der Waals surface area contributed by atoms with E-state index < -0.39 is 0 Å². The first-order chi connectivity index (χ1) is 7.13. The number of nitrogens with one attached hydrogen (secondary N) is 1. The first-order valence-electron chi connectivity index (χ1n) is 4.72. The van der Waals surface area contributed by atoms with Crippen molar-refractivity contribution in [3.63, 3.8) is 0 Å². The Labute approximate surface area is 88.9 Å². The highest BCUT2D eigenvalue weighted by atomic mass is 16.5. The minimum Gasteiger partial charge on any atom is -0.383 e. The van der Waals surface area contributed by atoms with Crippen LogP contribution >= 0.6 is 0 Å². The van der Waals surface area contributed by atoms with E-state index in [4.69, 9.17) is 4.74 Å². The molecule has 0 saturated heterocycles. The van der Waals surface area contributed by atoms with Gasteiger partial charge in [0, 0.05) is 19.3 Å². The van der Waals surface area contributed by atoms with Crippen LogP contribution in [-0.2, 0) is 4.74 Å². The highest BCUT2D eigenvalue weighted by Crippen LogP contribution is 1.95. The maximum absolute atomic E-state index is 11.6. The molecule has 0 unspecified atom stereocenters. The maximum atomic E-state index is 11.6. The van der Waals surface area contributed by atoms with Crippen molar-refractivity contribution in [1.82, 2.24) is 15.3 Å². The summed E-state index contributed by atoms with van der Waals surface area (Å²) in [5.74, 6) is -0.230. The van der Waals surface area contributed by atoms with Gasteiger partial charge in [-0.05, 0) is 13.8 Å². The molecule has 1 amide bonds. The topological polar surface area (TPSA) is 64.1 Å². The fraction of sp³-hybridized carbons (Fsp3) is 0.500. The van der Waals surface area contributed by atoms with Crippen LogP contribution in [0.3, 0.4) is 0 Å². The SMILES string of the molecule is COC[C@H](C)NC(=O)c1cnc(C)cn1. The highest BCUT2D eigenvalue weighted by molar-refractivity contribution is 5.92. The van der Waals surface area contributed by atoms with E-state index in [1.54, 1.807) is 13.3 Å². The van der Waals surface area contributed by atoms with E-state index in [2.05, 4.69) is 15.3 Å². The fourth-order valence-electron chi connectivity index (χ4n) is 1.10. The molecule has 0 aliphatic heterocycles. The zero-order valence-electron chi connectivity index (χ0n) is 9.15. The minimum absolute atomic E-state index is 0.0365. The normalized spacial score (nSPS) is 12.2. The molecule has 5 heteroatoms. The summed E-state index contributed by atoms with van der Waals surface area (Å²) in [7, 11) is 1.59. The Morgan fingerprint density at radius 3 is 2.80 bits per heavy atom. The molecule has 0 bridgehead atoms. The highest BCUT2D eigenvalue weighted by Gasteiger charge is 2.10. The van der Waals surface area contributed by atoms with Gasteiger partial charge >= 0.3 is 0 Å². The van der Waals surface area contributed by atoms with Gasteiger partial charge in [0.15, 0.2) is 0 Å². The smallest absolute Gasteiger partial charge is 0.271 e. The third-order valence-electron chi connectivity index (χ3n) is 1.81. The second kappa shape index (κ2) is 5.41. The van der Waals surface area contributed by atoms with Crippen LogP contribution in [0.15, 0.2) is 12.4 Å². The number of rotatable bonds is 4. The van der Waals surface area contributed by atoms with E-state index in [1.165, 1.54) is 6.20 Å². The Kier molecular flexibility index (Phi) is 4.17. The zero-order valence-corrected chi connectivity index (χ0v) is 9.15. The fourth-order valence-corrected chi connectivity index (χ4v) is 1.10. The third kappa shape index (κ3) is 3.63. The Morgan fingerprint density at radius 2 is 2.27 bits per heavy atom. The van der Waals surface area contributed by atoms with Crippen LogP contribution in [0.4, 0.5) is 0 Å². The predicted molar refractivity (Wildman–Crippen MR) is 55.6 cm³/mol. The standard InChI is InChI=1S/C10H15N3O2/c1-7-4-12-9(5-11-7)10(14)13-8(2)6-15-3/h4-5,8H,6H2,1-3H3,(H,13,14)/t8-/m0/s1. The van der Waals surface area contributed by atoms with Crippen LogP contribution < -0.4 is 5.32 Å². The molecule has 1 atom stereocenters. The number of carbonyl (C=O) groups excluding carboxylic acids is 1. The summed E-state index contributed by atoms with van der Waals surface area (Å²) >= 11 is 0.